The van der Waals surface area contributed by atoms with Crippen LogP contribution in [-0.2, 0) is 9.47 Å². The number of ether oxygens (including phenoxy) is 2. The lowest BCUT2D eigenvalue weighted by molar-refractivity contribution is -0.345. The van der Waals surface area contributed by atoms with Crippen LogP contribution >= 0.6 is 22.6 Å². The van der Waals surface area contributed by atoms with E-state index in [0.717, 1.165) is 4.43 Å². The molecule has 0 radical (unpaired) electrons. The Morgan fingerprint density at radius 2 is 2.10 bits per heavy atom. The molecule has 0 heterocycles. The fourth-order valence-electron chi connectivity index (χ4n) is 0.537. The van der Waals surface area contributed by atoms with Gasteiger partial charge >= 0.3 is 0 Å². The van der Waals surface area contributed by atoms with Crippen molar-refractivity contribution < 1.29 is 14.6 Å². The minimum absolute atomic E-state index is 0.453. The van der Waals surface area contributed by atoms with Gasteiger partial charge < -0.3 is 14.6 Å². The summed E-state index contributed by atoms with van der Waals surface area (Å²) < 4.78 is 10.7. The van der Waals surface area contributed by atoms with Crippen LogP contribution in [0.4, 0.5) is 0 Å². The molecule has 0 aliphatic rings. The first kappa shape index (κ1) is 10.6. The minimum Gasteiger partial charge on any atom is -0.344 e. The van der Waals surface area contributed by atoms with Crippen LogP contribution in [0.25, 0.3) is 0 Å². The van der Waals surface area contributed by atoms with E-state index in [-0.39, 0.29) is 0 Å². The van der Waals surface area contributed by atoms with Gasteiger partial charge in [0.25, 0.3) is 5.97 Å². The Morgan fingerprint density at radius 1 is 1.50 bits per heavy atom. The molecule has 0 rings (SSSR count). The summed E-state index contributed by atoms with van der Waals surface area (Å²) in [4.78, 5) is 0. The Hall–Kier alpha value is 0.610. The van der Waals surface area contributed by atoms with E-state index in [2.05, 4.69) is 22.6 Å². The molecule has 0 saturated heterocycles. The van der Waals surface area contributed by atoms with Crippen molar-refractivity contribution in [2.45, 2.75) is 19.8 Å². The molecule has 1 N–H and O–H groups in total. The maximum atomic E-state index is 9.20. The molecule has 4 heteroatoms. The number of halogens is 1. The first-order chi connectivity index (χ1) is 4.62. The first-order valence-corrected chi connectivity index (χ1v) is 4.71. The lowest BCUT2D eigenvalue weighted by atomic mass is 10.6. The lowest BCUT2D eigenvalue weighted by Gasteiger charge is -2.22. The van der Waals surface area contributed by atoms with E-state index in [4.69, 9.17) is 9.47 Å². The molecule has 3 nitrogen and oxygen atoms in total. The fourth-order valence-corrected chi connectivity index (χ4v) is 0.758. The number of alkyl halides is 1. The standard InChI is InChI=1S/C6H13IO3/c1-3-9-6(2,8)10-5-4-7/h8H,3-5H2,1-2H3. The molecule has 0 aromatic carbocycles. The van der Waals surface area contributed by atoms with Gasteiger partial charge in [0.1, 0.15) is 0 Å². The Morgan fingerprint density at radius 3 is 2.50 bits per heavy atom. The molecule has 1 unspecified atom stereocenters. The van der Waals surface area contributed by atoms with Gasteiger partial charge in [0, 0.05) is 18.0 Å². The summed E-state index contributed by atoms with van der Waals surface area (Å²) in [7, 11) is 0. The van der Waals surface area contributed by atoms with E-state index in [1.807, 2.05) is 6.92 Å². The monoisotopic (exact) mass is 260 g/mol. The normalized spacial score (nSPS) is 16.8. The van der Waals surface area contributed by atoms with Crippen molar-refractivity contribution in [2.75, 3.05) is 17.6 Å². The van der Waals surface area contributed by atoms with E-state index >= 15 is 0 Å². The van der Waals surface area contributed by atoms with E-state index in [1.165, 1.54) is 6.92 Å². The summed E-state index contributed by atoms with van der Waals surface area (Å²) >= 11 is 2.16. The van der Waals surface area contributed by atoms with Crippen LogP contribution in [-0.4, -0.2) is 28.7 Å². The Labute approximate surface area is 74.8 Å². The summed E-state index contributed by atoms with van der Waals surface area (Å²) in [6.07, 6.45) is 0. The van der Waals surface area contributed by atoms with Crippen molar-refractivity contribution in [3.8, 4) is 0 Å². The molecule has 1 atom stereocenters. The van der Waals surface area contributed by atoms with Crippen LogP contribution in [0.5, 0.6) is 0 Å². The highest BCUT2D eigenvalue weighted by Crippen LogP contribution is 2.06. The zero-order chi connectivity index (χ0) is 8.04. The first-order valence-electron chi connectivity index (χ1n) is 3.18. The number of hydrogen-bond acceptors (Lipinski definition) is 3. The molecule has 0 spiro atoms. The molecule has 0 fully saturated rings. The van der Waals surface area contributed by atoms with Crippen LogP contribution in [0.2, 0.25) is 0 Å². The van der Waals surface area contributed by atoms with E-state index in [9.17, 15) is 5.11 Å². The van der Waals surface area contributed by atoms with Crippen LogP contribution in [0.15, 0.2) is 0 Å². The predicted octanol–water partition coefficient (Wildman–Crippen LogP) is 1.14. The molecule has 0 aliphatic heterocycles. The summed E-state index contributed by atoms with van der Waals surface area (Å²) in [6, 6.07) is 0. The fraction of sp³-hybridized carbons (Fsp3) is 1.00. The van der Waals surface area contributed by atoms with Crippen LogP contribution in [0.3, 0.4) is 0 Å². The van der Waals surface area contributed by atoms with Gasteiger partial charge in [0.05, 0.1) is 6.61 Å². The summed E-state index contributed by atoms with van der Waals surface area (Å²) in [6.45, 7) is 4.26. The van der Waals surface area contributed by atoms with Crippen LogP contribution in [0, 0.1) is 0 Å². The van der Waals surface area contributed by atoms with Gasteiger partial charge in [-0.1, -0.05) is 22.6 Å². The van der Waals surface area contributed by atoms with E-state index in [1.54, 1.807) is 0 Å². The van der Waals surface area contributed by atoms with Gasteiger partial charge in [-0.05, 0) is 6.92 Å². The highest BCUT2D eigenvalue weighted by Gasteiger charge is 2.19. The second kappa shape index (κ2) is 5.29. The molecule has 0 aromatic heterocycles. The van der Waals surface area contributed by atoms with Gasteiger partial charge in [-0.2, -0.15) is 0 Å². The lowest BCUT2D eigenvalue weighted by Crippen LogP contribution is -2.32. The molecule has 0 aliphatic carbocycles. The van der Waals surface area contributed by atoms with Gasteiger partial charge in [-0.15, -0.1) is 0 Å². The van der Waals surface area contributed by atoms with Crippen molar-refractivity contribution in [3.05, 3.63) is 0 Å². The van der Waals surface area contributed by atoms with Crippen molar-refractivity contribution in [2.24, 2.45) is 0 Å². The topological polar surface area (TPSA) is 38.7 Å². The molecule has 0 aromatic rings. The van der Waals surface area contributed by atoms with Crippen molar-refractivity contribution in [3.63, 3.8) is 0 Å². The second-order valence-electron chi connectivity index (χ2n) is 1.87. The minimum atomic E-state index is -1.40. The molecule has 0 amide bonds. The zero-order valence-electron chi connectivity index (χ0n) is 6.26. The van der Waals surface area contributed by atoms with E-state index in [0.29, 0.717) is 13.2 Å². The highest BCUT2D eigenvalue weighted by molar-refractivity contribution is 14.1. The Bertz CT molecular complexity index is 85.1. The molecule has 0 saturated carbocycles. The van der Waals surface area contributed by atoms with Crippen molar-refractivity contribution >= 4 is 22.6 Å². The van der Waals surface area contributed by atoms with Gasteiger partial charge in [-0.25, -0.2) is 0 Å². The summed E-state index contributed by atoms with van der Waals surface area (Å²) in [5, 5.41) is 9.20. The van der Waals surface area contributed by atoms with E-state index < -0.39 is 5.97 Å². The van der Waals surface area contributed by atoms with Gasteiger partial charge in [-0.3, -0.25) is 0 Å². The third-order valence-electron chi connectivity index (χ3n) is 0.859. The zero-order valence-corrected chi connectivity index (χ0v) is 8.42. The summed E-state index contributed by atoms with van der Waals surface area (Å²) in [5.74, 6) is -1.40. The smallest absolute Gasteiger partial charge is 0.277 e. The Balaban J connectivity index is 3.42. The third kappa shape index (κ3) is 5.40. The highest BCUT2D eigenvalue weighted by atomic mass is 127. The molecule has 0 bridgehead atoms. The average Bonchev–Trinajstić information content (AvgIpc) is 1.84. The molecular weight excluding hydrogens is 247 g/mol. The molecular formula is C6H13IO3. The van der Waals surface area contributed by atoms with Crippen molar-refractivity contribution in [1.29, 1.82) is 0 Å². The van der Waals surface area contributed by atoms with Gasteiger partial charge in [0.2, 0.25) is 0 Å². The SMILES string of the molecule is CCOC(C)(O)OCCI. The molecule has 10 heavy (non-hydrogen) atoms. The van der Waals surface area contributed by atoms with Crippen molar-refractivity contribution in [1.82, 2.24) is 0 Å². The number of aliphatic hydroxyl groups is 1. The third-order valence-corrected chi connectivity index (χ3v) is 1.30. The maximum absolute atomic E-state index is 9.20. The molecule has 62 valence electrons. The van der Waals surface area contributed by atoms with Crippen LogP contribution < -0.4 is 0 Å². The maximum Gasteiger partial charge on any atom is 0.277 e. The van der Waals surface area contributed by atoms with Crippen LogP contribution in [0.1, 0.15) is 13.8 Å². The van der Waals surface area contributed by atoms with Gasteiger partial charge in [0.15, 0.2) is 0 Å². The summed E-state index contributed by atoms with van der Waals surface area (Å²) in [5.41, 5.74) is 0. The number of hydrogen-bond donors (Lipinski definition) is 1. The quantitative estimate of drug-likeness (QED) is 0.457. The Kier molecular flexibility index (Phi) is 5.61. The average molecular weight is 260 g/mol. The predicted molar refractivity (Wildman–Crippen MR) is 47.1 cm³/mol. The second-order valence-corrected chi connectivity index (χ2v) is 2.95. The number of rotatable bonds is 5. The largest absolute Gasteiger partial charge is 0.344 e.